The van der Waals surface area contributed by atoms with Crippen molar-refractivity contribution in [2.24, 2.45) is 0 Å². The molecule has 0 atom stereocenters. The summed E-state index contributed by atoms with van der Waals surface area (Å²) in [5.41, 5.74) is -0.104. The normalized spacial score (nSPS) is 14.5. The third kappa shape index (κ3) is 2.98. The van der Waals surface area contributed by atoms with Gasteiger partial charge in [0.2, 0.25) is 5.82 Å². The van der Waals surface area contributed by atoms with Gasteiger partial charge in [-0.25, -0.2) is 22.0 Å². The Bertz CT molecular complexity index is 802. The molecule has 0 unspecified atom stereocenters. The van der Waals surface area contributed by atoms with Gasteiger partial charge < -0.3 is 9.47 Å². The average Bonchev–Trinajstić information content (AvgIpc) is 3.13. The zero-order valence-corrected chi connectivity index (χ0v) is 12.0. The summed E-state index contributed by atoms with van der Waals surface area (Å²) in [7, 11) is 0. The lowest BCUT2D eigenvalue weighted by atomic mass is 10.1. The van der Waals surface area contributed by atoms with E-state index in [4.69, 9.17) is 9.47 Å². The first-order valence-electron chi connectivity index (χ1n) is 6.85. The van der Waals surface area contributed by atoms with Crippen LogP contribution < -0.4 is 0 Å². The summed E-state index contributed by atoms with van der Waals surface area (Å²) in [6.07, 6.45) is -0.484. The van der Waals surface area contributed by atoms with Crippen LogP contribution in [0.25, 0.3) is 0 Å². The third-order valence-corrected chi connectivity index (χ3v) is 3.35. The summed E-state index contributed by atoms with van der Waals surface area (Å²) < 4.78 is 76.8. The van der Waals surface area contributed by atoms with E-state index < -0.39 is 40.9 Å². The lowest BCUT2D eigenvalue weighted by Gasteiger charge is -2.08. The Hall–Kier alpha value is -2.43. The minimum Gasteiger partial charge on any atom is -0.346 e. The first-order valence-corrected chi connectivity index (χ1v) is 6.85. The van der Waals surface area contributed by atoms with Gasteiger partial charge in [0.25, 0.3) is 0 Å². The minimum absolute atomic E-state index is 0.334. The molecular weight excluding hydrogens is 331 g/mol. The Balaban J connectivity index is 1.90. The Morgan fingerprint density at radius 1 is 0.708 bits per heavy atom. The first-order chi connectivity index (χ1) is 11.5. The van der Waals surface area contributed by atoms with Crippen molar-refractivity contribution in [1.82, 2.24) is 0 Å². The minimum atomic E-state index is -2.21. The van der Waals surface area contributed by atoms with Gasteiger partial charge in [0, 0.05) is 11.1 Å². The molecule has 0 spiro atoms. The average molecular weight is 340 g/mol. The summed E-state index contributed by atoms with van der Waals surface area (Å²) in [4.78, 5) is 0. The van der Waals surface area contributed by atoms with Crippen LogP contribution in [0, 0.1) is 40.9 Å². The van der Waals surface area contributed by atoms with Crippen molar-refractivity contribution in [1.29, 1.82) is 0 Å². The molecule has 1 aliphatic heterocycles. The maximum absolute atomic E-state index is 13.5. The van der Waals surface area contributed by atoms with Crippen molar-refractivity contribution in [3.8, 4) is 11.8 Å². The van der Waals surface area contributed by atoms with Gasteiger partial charge in [-0.15, -0.1) is 0 Å². The van der Waals surface area contributed by atoms with E-state index in [0.29, 0.717) is 18.8 Å². The molecule has 1 heterocycles. The highest BCUT2D eigenvalue weighted by atomic mass is 19.2. The van der Waals surface area contributed by atoms with Gasteiger partial charge in [-0.05, 0) is 12.1 Å². The molecule has 0 amide bonds. The van der Waals surface area contributed by atoms with E-state index in [1.165, 1.54) is 12.1 Å². The molecule has 0 aromatic heterocycles. The fraction of sp³-hybridized carbons (Fsp3) is 0.176. The number of rotatable bonds is 1. The molecule has 1 aliphatic rings. The molecule has 124 valence electrons. The SMILES string of the molecule is Fc1c(F)c(F)c(C#Cc2ccc(C3OCCO3)cc2)c(F)c1F. The molecule has 0 N–H and O–H groups in total. The van der Waals surface area contributed by atoms with Crippen LogP contribution in [0.15, 0.2) is 24.3 Å². The third-order valence-electron chi connectivity index (χ3n) is 3.35. The zero-order valence-electron chi connectivity index (χ0n) is 12.0. The quantitative estimate of drug-likeness (QED) is 0.340. The van der Waals surface area contributed by atoms with Gasteiger partial charge in [-0.3, -0.25) is 0 Å². The molecule has 24 heavy (non-hydrogen) atoms. The van der Waals surface area contributed by atoms with E-state index in [1.54, 1.807) is 12.1 Å². The van der Waals surface area contributed by atoms with Crippen LogP contribution in [0.4, 0.5) is 22.0 Å². The van der Waals surface area contributed by atoms with Crippen LogP contribution in [-0.4, -0.2) is 13.2 Å². The van der Waals surface area contributed by atoms with Crippen LogP contribution >= 0.6 is 0 Å². The van der Waals surface area contributed by atoms with E-state index in [2.05, 4.69) is 5.92 Å². The van der Waals surface area contributed by atoms with E-state index >= 15 is 0 Å². The van der Waals surface area contributed by atoms with Crippen LogP contribution in [0.3, 0.4) is 0 Å². The number of ether oxygens (including phenoxy) is 2. The van der Waals surface area contributed by atoms with Crippen LogP contribution in [0.1, 0.15) is 23.0 Å². The van der Waals surface area contributed by atoms with Gasteiger partial charge in [-0.2, -0.15) is 0 Å². The number of hydrogen-bond acceptors (Lipinski definition) is 2. The predicted octanol–water partition coefficient (Wildman–Crippen LogP) is 3.83. The second-order valence-corrected chi connectivity index (χ2v) is 4.89. The summed E-state index contributed by atoms with van der Waals surface area (Å²) >= 11 is 0. The maximum Gasteiger partial charge on any atom is 0.200 e. The van der Waals surface area contributed by atoms with Crippen molar-refractivity contribution in [3.63, 3.8) is 0 Å². The van der Waals surface area contributed by atoms with Gasteiger partial charge in [0.1, 0.15) is 5.56 Å². The Morgan fingerprint density at radius 2 is 1.21 bits per heavy atom. The Kier molecular flexibility index (Phi) is 4.51. The molecule has 2 aromatic rings. The van der Waals surface area contributed by atoms with Crippen LogP contribution in [0.2, 0.25) is 0 Å². The Morgan fingerprint density at radius 3 is 1.75 bits per heavy atom. The monoisotopic (exact) mass is 340 g/mol. The second-order valence-electron chi connectivity index (χ2n) is 4.89. The van der Waals surface area contributed by atoms with Crippen LogP contribution in [-0.2, 0) is 9.47 Å². The fourth-order valence-corrected chi connectivity index (χ4v) is 2.12. The Labute approximate surface area is 133 Å². The predicted molar refractivity (Wildman–Crippen MR) is 73.3 cm³/mol. The molecule has 3 rings (SSSR count). The molecule has 0 radical (unpaired) electrons. The molecule has 2 nitrogen and oxygen atoms in total. The summed E-state index contributed by atoms with van der Waals surface area (Å²) in [6.45, 7) is 0.957. The van der Waals surface area contributed by atoms with Gasteiger partial charge in [-0.1, -0.05) is 24.0 Å². The molecular formula is C17H9F5O2. The van der Waals surface area contributed by atoms with Gasteiger partial charge in [0.15, 0.2) is 29.6 Å². The maximum atomic E-state index is 13.5. The second kappa shape index (κ2) is 6.59. The zero-order chi connectivity index (χ0) is 17.3. The lowest BCUT2D eigenvalue weighted by molar-refractivity contribution is -0.0441. The van der Waals surface area contributed by atoms with E-state index in [9.17, 15) is 22.0 Å². The fourth-order valence-electron chi connectivity index (χ4n) is 2.12. The van der Waals surface area contributed by atoms with Gasteiger partial charge in [0.05, 0.1) is 13.2 Å². The highest BCUT2D eigenvalue weighted by molar-refractivity contribution is 5.45. The molecule has 0 aliphatic carbocycles. The topological polar surface area (TPSA) is 18.5 Å². The van der Waals surface area contributed by atoms with Crippen LogP contribution in [0.5, 0.6) is 0 Å². The molecule has 2 aromatic carbocycles. The van der Waals surface area contributed by atoms with E-state index in [0.717, 1.165) is 5.56 Å². The molecule has 0 bridgehead atoms. The number of hydrogen-bond donors (Lipinski definition) is 0. The molecule has 1 saturated heterocycles. The smallest absolute Gasteiger partial charge is 0.200 e. The first kappa shape index (κ1) is 16.4. The summed E-state index contributed by atoms with van der Waals surface area (Å²) in [5, 5.41) is 0. The van der Waals surface area contributed by atoms with Crippen molar-refractivity contribution in [2.75, 3.05) is 13.2 Å². The van der Waals surface area contributed by atoms with Crippen molar-refractivity contribution < 1.29 is 31.4 Å². The van der Waals surface area contributed by atoms with Crippen molar-refractivity contribution >= 4 is 0 Å². The lowest BCUT2D eigenvalue weighted by Crippen LogP contribution is -2.04. The van der Waals surface area contributed by atoms with E-state index in [1.807, 2.05) is 5.92 Å². The molecule has 0 saturated carbocycles. The summed E-state index contributed by atoms with van der Waals surface area (Å²) in [5.74, 6) is -5.82. The highest BCUT2D eigenvalue weighted by Crippen LogP contribution is 2.24. The number of benzene rings is 2. The molecule has 7 heteroatoms. The summed E-state index contributed by atoms with van der Waals surface area (Å²) in [6, 6.07) is 6.33. The van der Waals surface area contributed by atoms with Gasteiger partial charge >= 0.3 is 0 Å². The van der Waals surface area contributed by atoms with Crippen molar-refractivity contribution in [3.05, 3.63) is 70.0 Å². The van der Waals surface area contributed by atoms with E-state index in [-0.39, 0.29) is 0 Å². The molecule has 1 fully saturated rings. The standard InChI is InChI=1S/C17H9F5O2/c18-12-11(13(19)15(21)16(22)14(12)20)6-3-9-1-4-10(5-2-9)17-23-7-8-24-17/h1-2,4-5,17H,7-8H2. The highest BCUT2D eigenvalue weighted by Gasteiger charge is 2.24. The number of halogens is 5. The van der Waals surface area contributed by atoms with Crippen molar-refractivity contribution in [2.45, 2.75) is 6.29 Å². The largest absolute Gasteiger partial charge is 0.346 e.